The van der Waals surface area contributed by atoms with Crippen LogP contribution in [0.25, 0.3) is 10.6 Å². The summed E-state index contributed by atoms with van der Waals surface area (Å²) in [6.45, 7) is 0. The van der Waals surface area contributed by atoms with Gasteiger partial charge in [0.25, 0.3) is 0 Å². The Hall–Kier alpha value is -2.21. The van der Waals surface area contributed by atoms with Gasteiger partial charge < -0.3 is 10.4 Å². The van der Waals surface area contributed by atoms with Gasteiger partial charge in [-0.25, -0.2) is 4.98 Å². The van der Waals surface area contributed by atoms with Crippen molar-refractivity contribution >= 4 is 28.9 Å². The first kappa shape index (κ1) is 13.2. The first-order chi connectivity index (χ1) is 9.15. The lowest BCUT2D eigenvalue weighted by atomic mass is 10.2. The second-order valence-electron chi connectivity index (χ2n) is 3.86. The minimum atomic E-state index is -0.978. The summed E-state index contributed by atoms with van der Waals surface area (Å²) in [7, 11) is 0. The van der Waals surface area contributed by atoms with Gasteiger partial charge in [0.05, 0.1) is 6.42 Å². The van der Waals surface area contributed by atoms with E-state index in [1.54, 1.807) is 29.7 Å². The van der Waals surface area contributed by atoms with Gasteiger partial charge >= 0.3 is 5.97 Å². The molecule has 0 saturated heterocycles. The summed E-state index contributed by atoms with van der Waals surface area (Å²) in [4.78, 5) is 26.0. The molecule has 2 rings (SSSR count). The van der Waals surface area contributed by atoms with E-state index in [1.165, 1.54) is 0 Å². The number of carbonyl (C=O) groups excluding carboxylic acids is 1. The molecule has 0 radical (unpaired) electrons. The highest BCUT2D eigenvalue weighted by Gasteiger charge is 2.06. The number of hydrogen-bond acceptors (Lipinski definition) is 4. The number of rotatable bonds is 5. The number of amides is 1. The number of nitrogens with zero attached hydrogens (tertiary/aromatic N) is 1. The molecule has 19 heavy (non-hydrogen) atoms. The maximum Gasteiger partial charge on any atom is 0.303 e. The van der Waals surface area contributed by atoms with Gasteiger partial charge in [-0.2, -0.15) is 0 Å². The van der Waals surface area contributed by atoms with Gasteiger partial charge in [-0.15, -0.1) is 11.3 Å². The molecule has 0 unspecified atom stereocenters. The largest absolute Gasteiger partial charge is 0.481 e. The summed E-state index contributed by atoms with van der Waals surface area (Å²) >= 11 is 1.54. The van der Waals surface area contributed by atoms with Crippen LogP contribution in [0.1, 0.15) is 12.8 Å². The maximum absolute atomic E-state index is 11.4. The summed E-state index contributed by atoms with van der Waals surface area (Å²) in [5.74, 6) is -1.28. The number of anilines is 1. The SMILES string of the molecule is O=C(O)CCC(=O)Nc1ccc(-c2nccs2)cc1. The first-order valence-corrected chi connectivity index (χ1v) is 6.54. The molecule has 0 spiro atoms. The third-order valence-electron chi connectivity index (χ3n) is 2.41. The average Bonchev–Trinajstić information content (AvgIpc) is 2.91. The predicted molar refractivity (Wildman–Crippen MR) is 73.0 cm³/mol. The summed E-state index contributed by atoms with van der Waals surface area (Å²) in [5.41, 5.74) is 1.63. The van der Waals surface area contributed by atoms with E-state index in [1.807, 2.05) is 17.5 Å². The number of hydrogen-bond donors (Lipinski definition) is 2. The number of carboxylic acids is 1. The van der Waals surface area contributed by atoms with Crippen molar-refractivity contribution in [2.24, 2.45) is 0 Å². The highest BCUT2D eigenvalue weighted by molar-refractivity contribution is 7.13. The lowest BCUT2D eigenvalue weighted by Gasteiger charge is -2.04. The molecule has 98 valence electrons. The molecule has 1 aromatic carbocycles. The third kappa shape index (κ3) is 3.89. The van der Waals surface area contributed by atoms with Crippen LogP contribution in [0.3, 0.4) is 0 Å². The van der Waals surface area contributed by atoms with Crippen LogP contribution in [0.2, 0.25) is 0 Å². The molecule has 0 aliphatic carbocycles. The van der Waals surface area contributed by atoms with Gasteiger partial charge in [-0.1, -0.05) is 0 Å². The normalized spacial score (nSPS) is 10.1. The van der Waals surface area contributed by atoms with Crippen molar-refractivity contribution < 1.29 is 14.7 Å². The highest BCUT2D eigenvalue weighted by Crippen LogP contribution is 2.23. The van der Waals surface area contributed by atoms with Gasteiger partial charge in [0.2, 0.25) is 5.91 Å². The van der Waals surface area contributed by atoms with E-state index in [9.17, 15) is 9.59 Å². The Balaban J connectivity index is 1.95. The number of carboxylic acid groups (broad SMARTS) is 1. The van der Waals surface area contributed by atoms with E-state index in [0.717, 1.165) is 10.6 Å². The Labute approximate surface area is 113 Å². The first-order valence-electron chi connectivity index (χ1n) is 5.67. The molecule has 0 aliphatic rings. The van der Waals surface area contributed by atoms with Crippen LogP contribution >= 0.6 is 11.3 Å². The van der Waals surface area contributed by atoms with E-state index in [0.29, 0.717) is 5.69 Å². The number of carbonyl (C=O) groups is 2. The molecule has 0 saturated carbocycles. The number of thiazole rings is 1. The topological polar surface area (TPSA) is 79.3 Å². The fourth-order valence-corrected chi connectivity index (χ4v) is 2.15. The standard InChI is InChI=1S/C13H12N2O3S/c16-11(5-6-12(17)18)15-10-3-1-9(2-4-10)13-14-7-8-19-13/h1-4,7-8H,5-6H2,(H,15,16)(H,17,18). The molecule has 6 heteroatoms. The van der Waals surface area contributed by atoms with E-state index >= 15 is 0 Å². The number of aliphatic carboxylic acids is 1. The Morgan fingerprint density at radius 1 is 1.21 bits per heavy atom. The molecule has 2 aromatic rings. The molecule has 0 fully saturated rings. The van der Waals surface area contributed by atoms with Crippen LogP contribution in [0.5, 0.6) is 0 Å². The fourth-order valence-electron chi connectivity index (χ4n) is 1.51. The molecule has 1 amide bonds. The van der Waals surface area contributed by atoms with Crippen LogP contribution in [-0.4, -0.2) is 22.0 Å². The van der Waals surface area contributed by atoms with Gasteiger partial charge in [-0.05, 0) is 24.3 Å². The zero-order valence-electron chi connectivity index (χ0n) is 10.00. The second kappa shape index (κ2) is 6.10. The Morgan fingerprint density at radius 3 is 2.53 bits per heavy atom. The average molecular weight is 276 g/mol. The second-order valence-corrected chi connectivity index (χ2v) is 4.75. The van der Waals surface area contributed by atoms with Gasteiger partial charge in [0.1, 0.15) is 5.01 Å². The van der Waals surface area contributed by atoms with Crippen molar-refractivity contribution in [3.63, 3.8) is 0 Å². The lowest BCUT2D eigenvalue weighted by Crippen LogP contribution is -2.12. The number of benzene rings is 1. The molecule has 0 bridgehead atoms. The van der Waals surface area contributed by atoms with Crippen molar-refractivity contribution in [3.05, 3.63) is 35.8 Å². The van der Waals surface area contributed by atoms with E-state index in [-0.39, 0.29) is 18.7 Å². The molecule has 0 atom stereocenters. The van der Waals surface area contributed by atoms with E-state index in [2.05, 4.69) is 10.3 Å². The highest BCUT2D eigenvalue weighted by atomic mass is 32.1. The summed E-state index contributed by atoms with van der Waals surface area (Å²) < 4.78 is 0. The minimum absolute atomic E-state index is 0.0242. The molecular weight excluding hydrogens is 264 g/mol. The zero-order chi connectivity index (χ0) is 13.7. The molecule has 2 N–H and O–H groups in total. The summed E-state index contributed by atoms with van der Waals surface area (Å²) in [5, 5.41) is 14.0. The molecular formula is C13H12N2O3S. The van der Waals surface area contributed by atoms with Crippen molar-refractivity contribution in [3.8, 4) is 10.6 Å². The molecule has 1 heterocycles. The predicted octanol–water partition coefficient (Wildman–Crippen LogP) is 2.61. The smallest absolute Gasteiger partial charge is 0.303 e. The van der Waals surface area contributed by atoms with Crippen LogP contribution in [-0.2, 0) is 9.59 Å². The number of aromatic nitrogens is 1. The Morgan fingerprint density at radius 2 is 1.95 bits per heavy atom. The quantitative estimate of drug-likeness (QED) is 0.879. The van der Waals surface area contributed by atoms with Crippen molar-refractivity contribution in [1.82, 2.24) is 4.98 Å². The monoisotopic (exact) mass is 276 g/mol. The summed E-state index contributed by atoms with van der Waals surface area (Å²) in [6.07, 6.45) is 1.55. The van der Waals surface area contributed by atoms with Crippen molar-refractivity contribution in [2.45, 2.75) is 12.8 Å². The third-order valence-corrected chi connectivity index (χ3v) is 3.24. The Bertz CT molecular complexity index is 564. The maximum atomic E-state index is 11.4. The summed E-state index contributed by atoms with van der Waals surface area (Å²) in [6, 6.07) is 7.28. The van der Waals surface area contributed by atoms with Crippen LogP contribution in [0, 0.1) is 0 Å². The minimum Gasteiger partial charge on any atom is -0.481 e. The van der Waals surface area contributed by atoms with Gasteiger partial charge in [-0.3, -0.25) is 9.59 Å². The number of nitrogens with one attached hydrogen (secondary N) is 1. The molecule has 5 nitrogen and oxygen atoms in total. The van der Waals surface area contributed by atoms with Gasteiger partial charge in [0, 0.05) is 29.2 Å². The fraction of sp³-hybridized carbons (Fsp3) is 0.154. The van der Waals surface area contributed by atoms with Crippen molar-refractivity contribution in [1.29, 1.82) is 0 Å². The lowest BCUT2D eigenvalue weighted by molar-refractivity contribution is -0.138. The van der Waals surface area contributed by atoms with Crippen molar-refractivity contribution in [2.75, 3.05) is 5.32 Å². The van der Waals surface area contributed by atoms with Gasteiger partial charge in [0.15, 0.2) is 0 Å². The Kier molecular flexibility index (Phi) is 4.25. The van der Waals surface area contributed by atoms with E-state index in [4.69, 9.17) is 5.11 Å². The van der Waals surface area contributed by atoms with E-state index < -0.39 is 5.97 Å². The zero-order valence-corrected chi connectivity index (χ0v) is 10.8. The molecule has 1 aromatic heterocycles. The van der Waals surface area contributed by atoms with Crippen LogP contribution in [0.15, 0.2) is 35.8 Å². The van der Waals surface area contributed by atoms with Crippen LogP contribution < -0.4 is 5.32 Å². The van der Waals surface area contributed by atoms with Crippen LogP contribution in [0.4, 0.5) is 5.69 Å². The molecule has 0 aliphatic heterocycles.